The third kappa shape index (κ3) is 5.39. The lowest BCUT2D eigenvalue weighted by Gasteiger charge is -2.14. The van der Waals surface area contributed by atoms with Crippen molar-refractivity contribution in [2.24, 2.45) is 0 Å². The molecule has 6 heteroatoms. The van der Waals surface area contributed by atoms with Gasteiger partial charge in [-0.3, -0.25) is 9.59 Å². The van der Waals surface area contributed by atoms with Gasteiger partial charge in [0.05, 0.1) is 6.42 Å². The average molecular weight is 422 g/mol. The molecule has 0 fully saturated rings. The van der Waals surface area contributed by atoms with Crippen LogP contribution in [0.1, 0.15) is 54.3 Å². The van der Waals surface area contributed by atoms with E-state index in [0.29, 0.717) is 16.4 Å². The predicted molar refractivity (Wildman–Crippen MR) is 123 cm³/mol. The fraction of sp³-hybridized carbons (Fsp3) is 0.292. The number of thioether (sulfide) groups is 1. The number of hydrogen-bond acceptors (Lipinski definition) is 4. The summed E-state index contributed by atoms with van der Waals surface area (Å²) in [5.74, 6) is 0.0628. The van der Waals surface area contributed by atoms with E-state index in [1.165, 1.54) is 11.8 Å². The van der Waals surface area contributed by atoms with Gasteiger partial charge < -0.3 is 10.3 Å². The summed E-state index contributed by atoms with van der Waals surface area (Å²) < 4.78 is 0. The van der Waals surface area contributed by atoms with Crippen LogP contribution in [0.15, 0.2) is 64.5 Å². The summed E-state index contributed by atoms with van der Waals surface area (Å²) >= 11 is 1.49. The average Bonchev–Trinajstić information content (AvgIpc) is 2.71. The van der Waals surface area contributed by atoms with E-state index in [2.05, 4.69) is 48.2 Å². The molecule has 3 rings (SSSR count). The van der Waals surface area contributed by atoms with Crippen molar-refractivity contribution in [3.63, 3.8) is 0 Å². The summed E-state index contributed by atoms with van der Waals surface area (Å²) in [5, 5.41) is 3.65. The van der Waals surface area contributed by atoms with Crippen LogP contribution in [-0.2, 0) is 11.2 Å². The van der Waals surface area contributed by atoms with Crippen LogP contribution in [-0.4, -0.2) is 15.9 Å². The lowest BCUT2D eigenvalue weighted by molar-refractivity contribution is -0.115. The quantitative estimate of drug-likeness (QED) is 0.404. The summed E-state index contributed by atoms with van der Waals surface area (Å²) in [4.78, 5) is 32.6. The maximum Gasteiger partial charge on any atom is 0.255 e. The van der Waals surface area contributed by atoms with Crippen molar-refractivity contribution in [1.82, 2.24) is 9.97 Å². The van der Waals surface area contributed by atoms with E-state index in [0.717, 1.165) is 16.8 Å². The van der Waals surface area contributed by atoms with Gasteiger partial charge in [0.2, 0.25) is 5.91 Å². The zero-order valence-electron chi connectivity index (χ0n) is 17.7. The molecular weight excluding hydrogens is 394 g/mol. The van der Waals surface area contributed by atoms with Crippen LogP contribution in [0, 0.1) is 6.92 Å². The minimum absolute atomic E-state index is 0.0141. The molecule has 0 saturated carbocycles. The van der Waals surface area contributed by atoms with Crippen molar-refractivity contribution in [2.75, 3.05) is 5.32 Å². The molecule has 3 aromatic rings. The number of aromatic nitrogens is 2. The third-order valence-corrected chi connectivity index (χ3v) is 5.99. The Morgan fingerprint density at radius 1 is 1.07 bits per heavy atom. The molecule has 1 atom stereocenters. The smallest absolute Gasteiger partial charge is 0.255 e. The molecule has 0 spiro atoms. The van der Waals surface area contributed by atoms with Crippen molar-refractivity contribution in [3.8, 4) is 0 Å². The fourth-order valence-electron chi connectivity index (χ4n) is 3.28. The van der Waals surface area contributed by atoms with Gasteiger partial charge in [0.25, 0.3) is 5.56 Å². The SMILES string of the molecule is Cc1nc(SC(C)c2ccccc2)[nH]c(=O)c1CC(=O)Nc1ccccc1C(C)C. The number of para-hydroxylation sites is 1. The van der Waals surface area contributed by atoms with Gasteiger partial charge in [0.1, 0.15) is 0 Å². The van der Waals surface area contributed by atoms with Gasteiger partial charge in [-0.2, -0.15) is 0 Å². The topological polar surface area (TPSA) is 74.8 Å². The molecule has 0 radical (unpaired) electrons. The molecule has 2 aromatic carbocycles. The Bertz CT molecular complexity index is 1080. The molecule has 0 aliphatic carbocycles. The van der Waals surface area contributed by atoms with Crippen LogP contribution in [0.25, 0.3) is 0 Å². The van der Waals surface area contributed by atoms with Crippen molar-refractivity contribution in [1.29, 1.82) is 0 Å². The number of amides is 1. The van der Waals surface area contributed by atoms with Crippen LogP contribution in [0.4, 0.5) is 5.69 Å². The van der Waals surface area contributed by atoms with Gasteiger partial charge in [-0.15, -0.1) is 0 Å². The summed E-state index contributed by atoms with van der Waals surface area (Å²) in [6, 6.07) is 17.8. The number of hydrogen-bond donors (Lipinski definition) is 2. The Morgan fingerprint density at radius 2 is 1.73 bits per heavy atom. The molecule has 1 unspecified atom stereocenters. The zero-order chi connectivity index (χ0) is 21.7. The van der Waals surface area contributed by atoms with Gasteiger partial charge in [-0.05, 0) is 37.0 Å². The Labute approximate surface area is 181 Å². The van der Waals surface area contributed by atoms with Gasteiger partial charge in [-0.25, -0.2) is 4.98 Å². The monoisotopic (exact) mass is 421 g/mol. The lowest BCUT2D eigenvalue weighted by Crippen LogP contribution is -2.24. The molecule has 5 nitrogen and oxygen atoms in total. The minimum atomic E-state index is -0.266. The summed E-state index contributed by atoms with van der Waals surface area (Å²) in [6.45, 7) is 8.01. The molecule has 30 heavy (non-hydrogen) atoms. The number of anilines is 1. The second-order valence-electron chi connectivity index (χ2n) is 7.57. The van der Waals surface area contributed by atoms with E-state index in [4.69, 9.17) is 0 Å². The normalized spacial score (nSPS) is 12.0. The summed E-state index contributed by atoms with van der Waals surface area (Å²) in [5.41, 5.74) is 3.72. The molecule has 1 amide bonds. The van der Waals surface area contributed by atoms with Crippen LogP contribution in [0.3, 0.4) is 0 Å². The Kier molecular flexibility index (Phi) is 7.11. The first-order chi connectivity index (χ1) is 14.3. The number of aryl methyl sites for hydroxylation is 1. The zero-order valence-corrected chi connectivity index (χ0v) is 18.5. The number of rotatable bonds is 7. The fourth-order valence-corrected chi connectivity index (χ4v) is 4.25. The minimum Gasteiger partial charge on any atom is -0.326 e. The van der Waals surface area contributed by atoms with Crippen LogP contribution in [0.5, 0.6) is 0 Å². The predicted octanol–water partition coefficient (Wildman–Crippen LogP) is 5.24. The highest BCUT2D eigenvalue weighted by Crippen LogP contribution is 2.32. The van der Waals surface area contributed by atoms with Gasteiger partial charge >= 0.3 is 0 Å². The highest BCUT2D eigenvalue weighted by molar-refractivity contribution is 7.99. The van der Waals surface area contributed by atoms with E-state index in [1.54, 1.807) is 6.92 Å². The number of benzene rings is 2. The van der Waals surface area contributed by atoms with Gasteiger partial charge in [-0.1, -0.05) is 74.1 Å². The molecule has 2 N–H and O–H groups in total. The van der Waals surface area contributed by atoms with E-state index in [1.807, 2.05) is 42.5 Å². The van der Waals surface area contributed by atoms with Crippen LogP contribution in [0.2, 0.25) is 0 Å². The molecule has 0 aliphatic heterocycles. The Morgan fingerprint density at radius 3 is 2.40 bits per heavy atom. The standard InChI is InChI=1S/C24H27N3O2S/c1-15(2)19-12-8-9-13-21(19)26-22(28)14-20-16(3)25-24(27-23(20)29)30-17(4)18-10-6-5-7-11-18/h5-13,15,17H,14H2,1-4H3,(H,26,28)(H,25,27,29). The molecule has 1 aromatic heterocycles. The van der Waals surface area contributed by atoms with Gasteiger partial charge in [0, 0.05) is 22.2 Å². The number of aromatic amines is 1. The largest absolute Gasteiger partial charge is 0.326 e. The highest BCUT2D eigenvalue weighted by atomic mass is 32.2. The Balaban J connectivity index is 1.73. The molecule has 156 valence electrons. The lowest BCUT2D eigenvalue weighted by atomic mass is 10.0. The maximum atomic E-state index is 12.7. The van der Waals surface area contributed by atoms with Crippen molar-refractivity contribution >= 4 is 23.4 Å². The molecule has 0 bridgehead atoms. The highest BCUT2D eigenvalue weighted by Gasteiger charge is 2.16. The molecule has 0 aliphatic rings. The van der Waals surface area contributed by atoms with E-state index >= 15 is 0 Å². The second-order valence-corrected chi connectivity index (χ2v) is 8.90. The number of carbonyl (C=O) groups excluding carboxylic acids is 1. The number of carbonyl (C=O) groups is 1. The first-order valence-corrected chi connectivity index (χ1v) is 10.9. The van der Waals surface area contributed by atoms with Crippen molar-refractivity contribution < 1.29 is 4.79 Å². The van der Waals surface area contributed by atoms with E-state index < -0.39 is 0 Å². The van der Waals surface area contributed by atoms with Crippen LogP contribution < -0.4 is 10.9 Å². The summed E-state index contributed by atoms with van der Waals surface area (Å²) in [6.07, 6.45) is -0.0141. The number of nitrogens with zero attached hydrogens (tertiary/aromatic N) is 1. The number of H-pyrrole nitrogens is 1. The molecular formula is C24H27N3O2S. The first-order valence-electron chi connectivity index (χ1n) is 10.0. The molecule has 0 saturated heterocycles. The summed E-state index contributed by atoms with van der Waals surface area (Å²) in [7, 11) is 0. The third-order valence-electron chi connectivity index (χ3n) is 4.95. The number of nitrogens with one attached hydrogen (secondary N) is 2. The van der Waals surface area contributed by atoms with Crippen molar-refractivity contribution in [2.45, 2.75) is 50.4 Å². The Hall–Kier alpha value is -2.86. The van der Waals surface area contributed by atoms with E-state index in [-0.39, 0.29) is 29.1 Å². The van der Waals surface area contributed by atoms with Crippen LogP contribution >= 0.6 is 11.8 Å². The molecule has 1 heterocycles. The maximum absolute atomic E-state index is 12.7. The first kappa shape index (κ1) is 21.8. The van der Waals surface area contributed by atoms with E-state index in [9.17, 15) is 9.59 Å². The van der Waals surface area contributed by atoms with Gasteiger partial charge in [0.15, 0.2) is 5.16 Å². The van der Waals surface area contributed by atoms with Crippen molar-refractivity contribution in [3.05, 3.63) is 87.3 Å². The second kappa shape index (κ2) is 9.76.